The Morgan fingerprint density at radius 2 is 2.15 bits per heavy atom. The van der Waals surface area contributed by atoms with Crippen LogP contribution in [0.5, 0.6) is 0 Å². The minimum absolute atomic E-state index is 0.321. The Bertz CT molecular complexity index is 289. The van der Waals surface area contributed by atoms with Gasteiger partial charge in [-0.3, -0.25) is 4.90 Å². The van der Waals surface area contributed by atoms with Gasteiger partial charge in [-0.15, -0.1) is 0 Å². The predicted molar refractivity (Wildman–Crippen MR) is 84.2 cm³/mol. The summed E-state index contributed by atoms with van der Waals surface area (Å²) in [5.74, 6) is 0. The summed E-state index contributed by atoms with van der Waals surface area (Å²) < 4.78 is 5.74. The molecule has 0 amide bonds. The topological polar surface area (TPSA) is 27.7 Å². The molecule has 0 aromatic carbocycles. The van der Waals surface area contributed by atoms with Crippen LogP contribution in [0, 0.1) is 5.41 Å². The molecule has 2 aliphatic heterocycles. The van der Waals surface area contributed by atoms with E-state index >= 15 is 0 Å². The van der Waals surface area contributed by atoms with Crippen LogP contribution in [-0.4, -0.2) is 74.9 Å². The maximum atomic E-state index is 5.74. The molecule has 0 saturated carbocycles. The van der Waals surface area contributed by atoms with Crippen LogP contribution < -0.4 is 5.32 Å². The number of hydrogen-bond donors (Lipinski definition) is 1. The van der Waals surface area contributed by atoms with Crippen molar-refractivity contribution in [1.82, 2.24) is 15.1 Å². The number of nitrogens with zero attached hydrogens (tertiary/aromatic N) is 2. The van der Waals surface area contributed by atoms with Gasteiger partial charge in [-0.1, -0.05) is 13.8 Å². The van der Waals surface area contributed by atoms with E-state index in [1.54, 1.807) is 0 Å². The Labute approximate surface area is 124 Å². The lowest BCUT2D eigenvalue weighted by Gasteiger charge is -2.37. The molecule has 0 aromatic rings. The van der Waals surface area contributed by atoms with Crippen LogP contribution in [0.4, 0.5) is 0 Å². The van der Waals surface area contributed by atoms with Crippen molar-refractivity contribution >= 4 is 0 Å². The van der Waals surface area contributed by atoms with Gasteiger partial charge in [-0.2, -0.15) is 0 Å². The van der Waals surface area contributed by atoms with E-state index in [9.17, 15) is 0 Å². The highest BCUT2D eigenvalue weighted by atomic mass is 16.5. The number of ether oxygens (including phenoxy) is 1. The molecule has 20 heavy (non-hydrogen) atoms. The molecule has 2 fully saturated rings. The van der Waals surface area contributed by atoms with E-state index < -0.39 is 0 Å². The van der Waals surface area contributed by atoms with Crippen LogP contribution in [0.25, 0.3) is 0 Å². The van der Waals surface area contributed by atoms with E-state index in [-0.39, 0.29) is 0 Å². The SMILES string of the molecule is CC(C)NCC1(CN2CCCN(C)CC2C)CCOC1. The van der Waals surface area contributed by atoms with Crippen molar-refractivity contribution in [3.63, 3.8) is 0 Å². The zero-order valence-electron chi connectivity index (χ0n) is 13.8. The molecule has 1 N–H and O–H groups in total. The van der Waals surface area contributed by atoms with Gasteiger partial charge in [0.15, 0.2) is 0 Å². The molecule has 2 unspecified atom stereocenters. The minimum Gasteiger partial charge on any atom is -0.381 e. The Balaban J connectivity index is 1.96. The maximum Gasteiger partial charge on any atom is 0.0547 e. The minimum atomic E-state index is 0.321. The van der Waals surface area contributed by atoms with Crippen molar-refractivity contribution in [2.75, 3.05) is 53.0 Å². The van der Waals surface area contributed by atoms with Crippen molar-refractivity contribution in [3.05, 3.63) is 0 Å². The normalized spacial score (nSPS) is 33.8. The molecule has 0 spiro atoms. The summed E-state index contributed by atoms with van der Waals surface area (Å²) in [6.45, 7) is 14.6. The summed E-state index contributed by atoms with van der Waals surface area (Å²) >= 11 is 0. The highest BCUT2D eigenvalue weighted by Crippen LogP contribution is 2.30. The first-order valence-electron chi connectivity index (χ1n) is 8.24. The Morgan fingerprint density at radius 1 is 1.35 bits per heavy atom. The van der Waals surface area contributed by atoms with Crippen LogP contribution in [0.2, 0.25) is 0 Å². The van der Waals surface area contributed by atoms with Gasteiger partial charge < -0.3 is 15.0 Å². The molecule has 2 rings (SSSR count). The first kappa shape index (κ1) is 16.2. The average molecular weight is 283 g/mol. The highest BCUT2D eigenvalue weighted by molar-refractivity contribution is 4.91. The second-order valence-corrected chi connectivity index (χ2v) is 7.27. The van der Waals surface area contributed by atoms with Crippen LogP contribution in [0.3, 0.4) is 0 Å². The van der Waals surface area contributed by atoms with Crippen LogP contribution in [-0.2, 0) is 4.74 Å². The molecule has 0 aromatic heterocycles. The third-order valence-electron chi connectivity index (χ3n) is 4.79. The lowest BCUT2D eigenvalue weighted by Crippen LogP contribution is -2.49. The fourth-order valence-corrected chi connectivity index (χ4v) is 3.48. The molecule has 0 aliphatic carbocycles. The molecule has 2 aliphatic rings. The summed E-state index contributed by atoms with van der Waals surface area (Å²) in [5.41, 5.74) is 0.321. The summed E-state index contributed by atoms with van der Waals surface area (Å²) in [4.78, 5) is 5.16. The molecule has 0 radical (unpaired) electrons. The fourth-order valence-electron chi connectivity index (χ4n) is 3.48. The quantitative estimate of drug-likeness (QED) is 0.826. The lowest BCUT2D eigenvalue weighted by atomic mass is 9.85. The first-order chi connectivity index (χ1) is 9.51. The number of nitrogens with one attached hydrogen (secondary N) is 1. The maximum absolute atomic E-state index is 5.74. The highest BCUT2D eigenvalue weighted by Gasteiger charge is 2.38. The van der Waals surface area contributed by atoms with Crippen LogP contribution >= 0.6 is 0 Å². The zero-order chi connectivity index (χ0) is 14.6. The molecule has 0 bridgehead atoms. The standard InChI is InChI=1S/C16H33N3O/c1-14(2)17-11-16(6-9-20-13-16)12-19-8-5-7-18(4)10-15(19)3/h14-15,17H,5-13H2,1-4H3. The first-order valence-corrected chi connectivity index (χ1v) is 8.24. The smallest absolute Gasteiger partial charge is 0.0547 e. The largest absolute Gasteiger partial charge is 0.381 e. The van der Waals surface area contributed by atoms with Crippen molar-refractivity contribution in [3.8, 4) is 0 Å². The summed E-state index contributed by atoms with van der Waals surface area (Å²) in [6.07, 6.45) is 2.49. The molecule has 4 nitrogen and oxygen atoms in total. The molecule has 2 saturated heterocycles. The van der Waals surface area contributed by atoms with E-state index in [4.69, 9.17) is 4.74 Å². The van der Waals surface area contributed by atoms with Gasteiger partial charge in [-0.25, -0.2) is 0 Å². The van der Waals surface area contributed by atoms with Gasteiger partial charge in [-0.05, 0) is 39.9 Å². The molecule has 4 heteroatoms. The van der Waals surface area contributed by atoms with Gasteiger partial charge in [0, 0.05) is 43.7 Å². The Morgan fingerprint density at radius 3 is 2.80 bits per heavy atom. The van der Waals surface area contributed by atoms with Crippen LogP contribution in [0.1, 0.15) is 33.6 Å². The van der Waals surface area contributed by atoms with E-state index in [1.807, 2.05) is 0 Å². The average Bonchev–Trinajstić information content (AvgIpc) is 2.78. The Hall–Kier alpha value is -0.160. The van der Waals surface area contributed by atoms with E-state index in [0.29, 0.717) is 17.5 Å². The third-order valence-corrected chi connectivity index (χ3v) is 4.79. The molecule has 2 heterocycles. The second-order valence-electron chi connectivity index (χ2n) is 7.27. The predicted octanol–water partition coefficient (Wildman–Crippen LogP) is 1.42. The number of hydrogen-bond acceptors (Lipinski definition) is 4. The second kappa shape index (κ2) is 7.21. The van der Waals surface area contributed by atoms with Crippen molar-refractivity contribution < 1.29 is 4.74 Å². The molecular weight excluding hydrogens is 250 g/mol. The van der Waals surface area contributed by atoms with E-state index in [1.165, 1.54) is 39.0 Å². The lowest BCUT2D eigenvalue weighted by molar-refractivity contribution is 0.0883. The third kappa shape index (κ3) is 4.42. The van der Waals surface area contributed by atoms with Crippen LogP contribution in [0.15, 0.2) is 0 Å². The van der Waals surface area contributed by atoms with Crippen molar-refractivity contribution in [1.29, 1.82) is 0 Å². The summed E-state index contributed by atoms with van der Waals surface area (Å²) in [7, 11) is 2.24. The molecule has 118 valence electrons. The number of rotatable bonds is 5. The van der Waals surface area contributed by atoms with Gasteiger partial charge in [0.1, 0.15) is 0 Å². The zero-order valence-corrected chi connectivity index (χ0v) is 13.8. The van der Waals surface area contributed by atoms with Gasteiger partial charge >= 0.3 is 0 Å². The van der Waals surface area contributed by atoms with Gasteiger partial charge in [0.25, 0.3) is 0 Å². The van der Waals surface area contributed by atoms with Gasteiger partial charge in [0.2, 0.25) is 0 Å². The van der Waals surface area contributed by atoms with Crippen molar-refractivity contribution in [2.24, 2.45) is 5.41 Å². The fraction of sp³-hybridized carbons (Fsp3) is 1.00. The summed E-state index contributed by atoms with van der Waals surface area (Å²) in [6, 6.07) is 1.21. The van der Waals surface area contributed by atoms with E-state index in [0.717, 1.165) is 19.8 Å². The Kier molecular flexibility index (Phi) is 5.84. The molecule has 2 atom stereocenters. The monoisotopic (exact) mass is 283 g/mol. The number of likely N-dealkylation sites (N-methyl/N-ethyl adjacent to an activating group) is 1. The molecular formula is C16H33N3O. The van der Waals surface area contributed by atoms with Gasteiger partial charge in [0.05, 0.1) is 6.61 Å². The van der Waals surface area contributed by atoms with E-state index in [2.05, 4.69) is 42.9 Å². The van der Waals surface area contributed by atoms with Crippen molar-refractivity contribution in [2.45, 2.75) is 45.7 Å². The summed E-state index contributed by atoms with van der Waals surface area (Å²) in [5, 5.41) is 3.64.